The van der Waals surface area contributed by atoms with E-state index in [1.807, 2.05) is 49.4 Å². The molecule has 2 fully saturated rings. The van der Waals surface area contributed by atoms with Gasteiger partial charge in [-0.1, -0.05) is 25.1 Å². The summed E-state index contributed by atoms with van der Waals surface area (Å²) in [6.07, 6.45) is 3.37. The highest BCUT2D eigenvalue weighted by Crippen LogP contribution is 2.47. The molecular weight excluding hydrogens is 406 g/mol. The number of para-hydroxylation sites is 1. The van der Waals surface area contributed by atoms with Crippen LogP contribution in [0.4, 0.5) is 11.4 Å². The summed E-state index contributed by atoms with van der Waals surface area (Å²) < 4.78 is 5.61. The third-order valence-corrected chi connectivity index (χ3v) is 5.74. The first-order valence-corrected chi connectivity index (χ1v) is 10.7. The number of imide groups is 1. The highest BCUT2D eigenvalue weighted by atomic mass is 16.7. The van der Waals surface area contributed by atoms with Crippen LogP contribution in [0.25, 0.3) is 0 Å². The molecule has 0 bridgehead atoms. The van der Waals surface area contributed by atoms with Gasteiger partial charge in [0.15, 0.2) is 6.10 Å². The number of rotatable bonds is 6. The van der Waals surface area contributed by atoms with Crippen LogP contribution in [0.3, 0.4) is 0 Å². The number of carbonyl (C=O) groups is 2. The topological polar surface area (TPSA) is 72.0 Å². The first-order chi connectivity index (χ1) is 15.7. The Morgan fingerprint density at radius 2 is 1.62 bits per heavy atom. The van der Waals surface area contributed by atoms with Crippen molar-refractivity contribution >= 4 is 23.2 Å². The molecule has 3 atom stereocenters. The van der Waals surface area contributed by atoms with Crippen LogP contribution in [0.5, 0.6) is 5.75 Å². The number of ether oxygens (including phenoxy) is 1. The molecule has 3 heterocycles. The average molecular weight is 429 g/mol. The van der Waals surface area contributed by atoms with Crippen molar-refractivity contribution in [3.63, 3.8) is 0 Å². The van der Waals surface area contributed by atoms with Gasteiger partial charge in [-0.05, 0) is 60.5 Å². The van der Waals surface area contributed by atoms with Gasteiger partial charge in [0.05, 0.1) is 24.0 Å². The minimum absolute atomic E-state index is 0.275. The fourth-order valence-corrected chi connectivity index (χ4v) is 4.28. The van der Waals surface area contributed by atoms with Crippen LogP contribution >= 0.6 is 0 Å². The van der Waals surface area contributed by atoms with Gasteiger partial charge in [-0.3, -0.25) is 19.4 Å². The zero-order chi connectivity index (χ0) is 22.1. The van der Waals surface area contributed by atoms with E-state index in [-0.39, 0.29) is 11.8 Å². The lowest BCUT2D eigenvalue weighted by molar-refractivity contribution is -0.126. The minimum atomic E-state index is -0.892. The van der Waals surface area contributed by atoms with Crippen molar-refractivity contribution in [3.8, 4) is 5.75 Å². The van der Waals surface area contributed by atoms with E-state index in [1.54, 1.807) is 41.7 Å². The Hall–Kier alpha value is -3.71. The summed E-state index contributed by atoms with van der Waals surface area (Å²) in [6.45, 7) is 2.65. The number of aromatic nitrogens is 1. The molecule has 5 rings (SSSR count). The van der Waals surface area contributed by atoms with Gasteiger partial charge in [0.1, 0.15) is 11.7 Å². The first kappa shape index (κ1) is 20.2. The van der Waals surface area contributed by atoms with Gasteiger partial charge < -0.3 is 4.74 Å². The van der Waals surface area contributed by atoms with E-state index in [9.17, 15) is 9.59 Å². The molecule has 32 heavy (non-hydrogen) atoms. The van der Waals surface area contributed by atoms with Crippen LogP contribution in [0.2, 0.25) is 0 Å². The predicted octanol–water partition coefficient (Wildman–Crippen LogP) is 3.92. The highest BCUT2D eigenvalue weighted by Gasteiger charge is 2.60. The van der Waals surface area contributed by atoms with Crippen molar-refractivity contribution in [2.75, 3.05) is 16.6 Å². The second-order valence-corrected chi connectivity index (χ2v) is 7.79. The molecule has 3 unspecified atom stereocenters. The van der Waals surface area contributed by atoms with Crippen LogP contribution in [0, 0.1) is 5.92 Å². The molecule has 0 radical (unpaired) electrons. The van der Waals surface area contributed by atoms with Gasteiger partial charge >= 0.3 is 0 Å². The summed E-state index contributed by atoms with van der Waals surface area (Å²) in [5.74, 6) is -0.598. The van der Waals surface area contributed by atoms with Gasteiger partial charge in [0.2, 0.25) is 5.91 Å². The average Bonchev–Trinajstić information content (AvgIpc) is 3.35. The standard InChI is InChI=1S/C25H23N3O4/c1-2-16-31-20-10-8-18(9-11-20)27-24(29)21-22(17-12-14-26-15-13-17)28(32-23(21)25(27)30)19-6-4-3-5-7-19/h3-15,21-23H,2,16H2,1H3. The van der Waals surface area contributed by atoms with E-state index in [0.717, 1.165) is 17.7 Å². The molecule has 0 spiro atoms. The molecule has 0 saturated carbocycles. The molecule has 2 saturated heterocycles. The number of amides is 2. The summed E-state index contributed by atoms with van der Waals surface area (Å²) in [5, 5.41) is 1.68. The van der Waals surface area contributed by atoms with E-state index in [0.29, 0.717) is 18.0 Å². The molecule has 162 valence electrons. The first-order valence-electron chi connectivity index (χ1n) is 10.7. The number of hydrogen-bond donors (Lipinski definition) is 0. The molecule has 2 amide bonds. The fourth-order valence-electron chi connectivity index (χ4n) is 4.28. The Labute approximate surface area is 186 Å². The SMILES string of the molecule is CCCOc1ccc(N2C(=O)C3ON(c4ccccc4)C(c4ccncc4)C3C2=O)cc1. The Bertz CT molecular complexity index is 1110. The summed E-state index contributed by atoms with van der Waals surface area (Å²) >= 11 is 0. The second kappa shape index (κ2) is 8.43. The molecule has 7 heteroatoms. The maximum Gasteiger partial charge on any atom is 0.266 e. The number of hydrogen-bond acceptors (Lipinski definition) is 6. The number of pyridine rings is 1. The number of carbonyl (C=O) groups excluding carboxylic acids is 2. The molecule has 1 aromatic heterocycles. The molecule has 0 aliphatic carbocycles. The third-order valence-electron chi connectivity index (χ3n) is 5.74. The van der Waals surface area contributed by atoms with Crippen molar-refractivity contribution < 1.29 is 19.2 Å². The molecule has 2 aliphatic rings. The lowest BCUT2D eigenvalue weighted by Crippen LogP contribution is -2.37. The quantitative estimate of drug-likeness (QED) is 0.553. The third kappa shape index (κ3) is 3.40. The molecule has 3 aromatic rings. The van der Waals surface area contributed by atoms with E-state index in [1.165, 1.54) is 4.90 Å². The van der Waals surface area contributed by atoms with Gasteiger partial charge in [-0.25, -0.2) is 9.96 Å². The van der Waals surface area contributed by atoms with E-state index >= 15 is 0 Å². The molecular formula is C25H23N3O4. The fraction of sp³-hybridized carbons (Fsp3) is 0.240. The van der Waals surface area contributed by atoms with Crippen molar-refractivity contribution in [2.45, 2.75) is 25.5 Å². The predicted molar refractivity (Wildman–Crippen MR) is 119 cm³/mol. The van der Waals surface area contributed by atoms with Crippen LogP contribution in [0.1, 0.15) is 24.9 Å². The molecule has 7 nitrogen and oxygen atoms in total. The molecule has 2 aromatic carbocycles. The summed E-state index contributed by atoms with van der Waals surface area (Å²) in [6, 6.07) is 19.8. The smallest absolute Gasteiger partial charge is 0.266 e. The maximum absolute atomic E-state index is 13.6. The highest BCUT2D eigenvalue weighted by molar-refractivity contribution is 6.23. The van der Waals surface area contributed by atoms with E-state index < -0.39 is 18.1 Å². The maximum atomic E-state index is 13.6. The second-order valence-electron chi connectivity index (χ2n) is 7.79. The zero-order valence-electron chi connectivity index (χ0n) is 17.6. The minimum Gasteiger partial charge on any atom is -0.494 e. The lowest BCUT2D eigenvalue weighted by Gasteiger charge is -2.28. The van der Waals surface area contributed by atoms with E-state index in [2.05, 4.69) is 4.98 Å². The normalized spacial score (nSPS) is 22.3. The van der Waals surface area contributed by atoms with Crippen LogP contribution in [-0.2, 0) is 14.4 Å². The Kier molecular flexibility index (Phi) is 5.33. The van der Waals surface area contributed by atoms with Gasteiger partial charge in [-0.2, -0.15) is 0 Å². The van der Waals surface area contributed by atoms with E-state index in [4.69, 9.17) is 9.57 Å². The molecule has 2 aliphatic heterocycles. The zero-order valence-corrected chi connectivity index (χ0v) is 17.6. The van der Waals surface area contributed by atoms with Gasteiger partial charge in [0.25, 0.3) is 5.91 Å². The monoisotopic (exact) mass is 429 g/mol. The van der Waals surface area contributed by atoms with Crippen LogP contribution < -0.4 is 14.7 Å². The van der Waals surface area contributed by atoms with Crippen molar-refractivity contribution in [1.82, 2.24) is 4.98 Å². The van der Waals surface area contributed by atoms with Crippen LogP contribution in [-0.4, -0.2) is 29.5 Å². The number of nitrogens with zero attached hydrogens (tertiary/aromatic N) is 3. The Morgan fingerprint density at radius 1 is 0.906 bits per heavy atom. The van der Waals surface area contributed by atoms with Crippen molar-refractivity contribution in [1.29, 1.82) is 0 Å². The van der Waals surface area contributed by atoms with Crippen molar-refractivity contribution in [2.24, 2.45) is 5.92 Å². The Balaban J connectivity index is 1.49. The summed E-state index contributed by atoms with van der Waals surface area (Å²) in [5.41, 5.74) is 2.16. The summed E-state index contributed by atoms with van der Waals surface area (Å²) in [4.78, 5) is 38.3. The van der Waals surface area contributed by atoms with Crippen LogP contribution in [0.15, 0.2) is 79.1 Å². The number of benzene rings is 2. The van der Waals surface area contributed by atoms with Crippen molar-refractivity contribution in [3.05, 3.63) is 84.7 Å². The number of anilines is 2. The van der Waals surface area contributed by atoms with Gasteiger partial charge in [-0.15, -0.1) is 0 Å². The Morgan fingerprint density at radius 3 is 2.31 bits per heavy atom. The lowest BCUT2D eigenvalue weighted by atomic mass is 9.91. The number of hydroxylamine groups is 1. The van der Waals surface area contributed by atoms with Gasteiger partial charge in [0, 0.05) is 12.4 Å². The molecule has 0 N–H and O–H groups in total. The number of fused-ring (bicyclic) bond motifs is 1. The largest absolute Gasteiger partial charge is 0.494 e. The summed E-state index contributed by atoms with van der Waals surface area (Å²) in [7, 11) is 0.